The van der Waals surface area contributed by atoms with Gasteiger partial charge in [-0.1, -0.05) is 30.3 Å². The second kappa shape index (κ2) is 13.4. The van der Waals surface area contributed by atoms with Crippen LogP contribution in [0.15, 0.2) is 42.5 Å². The minimum absolute atomic E-state index is 0.0466. The number of rotatable bonds is 9. The molecule has 14 heteroatoms. The number of pyridine rings is 1. The first-order valence-electron chi connectivity index (χ1n) is 13.6. The summed E-state index contributed by atoms with van der Waals surface area (Å²) in [7, 11) is -2.17. The van der Waals surface area contributed by atoms with Gasteiger partial charge in [0.2, 0.25) is 5.91 Å². The summed E-state index contributed by atoms with van der Waals surface area (Å²) in [5.41, 5.74) is 2.28. The molecule has 1 aromatic carbocycles. The minimum Gasteiger partial charge on any atom is -0.465 e. The van der Waals surface area contributed by atoms with Crippen LogP contribution in [0.1, 0.15) is 17.4 Å². The van der Waals surface area contributed by atoms with Crippen LogP contribution in [-0.2, 0) is 13.9 Å². The molecule has 0 spiro atoms. The highest BCUT2D eigenvalue weighted by Crippen LogP contribution is 2.42. The van der Waals surface area contributed by atoms with E-state index in [-0.39, 0.29) is 38.5 Å². The molecule has 2 fully saturated rings. The van der Waals surface area contributed by atoms with Gasteiger partial charge in [-0.15, -0.1) is 0 Å². The largest absolute Gasteiger partial charge is 0.465 e. The maximum atomic E-state index is 13.6. The van der Waals surface area contributed by atoms with Crippen LogP contribution >= 0.6 is 7.60 Å². The van der Waals surface area contributed by atoms with Crippen LogP contribution in [0, 0.1) is 0 Å². The second-order valence-corrected chi connectivity index (χ2v) is 12.0. The van der Waals surface area contributed by atoms with Crippen LogP contribution in [0.4, 0.5) is 10.5 Å². The van der Waals surface area contributed by atoms with E-state index < -0.39 is 37.7 Å². The first-order chi connectivity index (χ1) is 19.6. The number of hydrogen-bond acceptors (Lipinski definition) is 8. The molecule has 0 radical (unpaired) electrons. The molecule has 2 saturated heterocycles. The van der Waals surface area contributed by atoms with Crippen molar-refractivity contribution in [2.45, 2.75) is 13.0 Å². The Labute approximate surface area is 239 Å². The number of nitrogens with zero attached hydrogens (tertiary/aromatic N) is 5. The van der Waals surface area contributed by atoms with E-state index in [9.17, 15) is 28.9 Å². The summed E-state index contributed by atoms with van der Waals surface area (Å²) in [6.45, 7) is 5.14. The van der Waals surface area contributed by atoms with Crippen molar-refractivity contribution in [2.75, 3.05) is 77.1 Å². The van der Waals surface area contributed by atoms with Gasteiger partial charge in [0.05, 0.1) is 18.5 Å². The van der Waals surface area contributed by atoms with Crippen LogP contribution in [0.2, 0.25) is 0 Å². The molecule has 2 aliphatic heterocycles. The molecule has 1 aromatic heterocycles. The van der Waals surface area contributed by atoms with Gasteiger partial charge in [-0.2, -0.15) is 0 Å². The number of nitrogens with one attached hydrogen (secondary N) is 1. The van der Waals surface area contributed by atoms with Crippen molar-refractivity contribution in [3.05, 3.63) is 48.2 Å². The first-order valence-corrected chi connectivity index (χ1v) is 15.4. The van der Waals surface area contributed by atoms with Gasteiger partial charge in [0.1, 0.15) is 11.7 Å². The fourth-order valence-electron chi connectivity index (χ4n) is 4.88. The summed E-state index contributed by atoms with van der Waals surface area (Å²) in [5.74, 6) is -1.26. The lowest BCUT2D eigenvalue weighted by Gasteiger charge is -2.35. The molecule has 0 bridgehead atoms. The van der Waals surface area contributed by atoms with Gasteiger partial charge in [-0.25, -0.2) is 9.78 Å². The summed E-state index contributed by atoms with van der Waals surface area (Å²) in [6.07, 6.45) is -1.72. The van der Waals surface area contributed by atoms with Crippen molar-refractivity contribution in [3.63, 3.8) is 0 Å². The molecule has 2 unspecified atom stereocenters. The standard InChI is InChI=1S/C27H37N6O7P/c1-3-40-41(38,39)19-24(26(35)32-13-15-33(16-14-32)27(36)37)29-25(34)23-18-21(31-11-9-30(2)10-12-31)17-22(28-23)20-7-5-4-6-8-20/h4-8,17-18,24H,3,9-16,19H2,1-2H3,(H,29,34)(H,36,37)(H,38,39). The number of amides is 3. The zero-order valence-corrected chi connectivity index (χ0v) is 24.2. The van der Waals surface area contributed by atoms with Crippen molar-refractivity contribution in [1.82, 2.24) is 25.0 Å². The third kappa shape index (κ3) is 8.04. The Kier molecular flexibility index (Phi) is 9.98. The third-order valence-electron chi connectivity index (χ3n) is 7.19. The Bertz CT molecular complexity index is 1280. The Morgan fingerprint density at radius 2 is 1.63 bits per heavy atom. The van der Waals surface area contributed by atoms with E-state index in [4.69, 9.17) is 4.52 Å². The lowest BCUT2D eigenvalue weighted by Crippen LogP contribution is -2.56. The van der Waals surface area contributed by atoms with Crippen molar-refractivity contribution in [1.29, 1.82) is 0 Å². The van der Waals surface area contributed by atoms with Crippen LogP contribution in [-0.4, -0.2) is 126 Å². The molecule has 3 amide bonds. The van der Waals surface area contributed by atoms with Crippen molar-refractivity contribution in [3.8, 4) is 11.3 Å². The zero-order chi connectivity index (χ0) is 29.6. The highest BCUT2D eigenvalue weighted by molar-refractivity contribution is 7.52. The molecular formula is C27H37N6O7P. The topological polar surface area (TPSA) is 156 Å². The quantitative estimate of drug-likeness (QED) is 0.368. The predicted molar refractivity (Wildman–Crippen MR) is 153 cm³/mol. The van der Waals surface area contributed by atoms with Crippen LogP contribution < -0.4 is 10.2 Å². The van der Waals surface area contributed by atoms with Gasteiger partial charge in [0.25, 0.3) is 5.91 Å². The summed E-state index contributed by atoms with van der Waals surface area (Å²) in [4.78, 5) is 60.3. The molecule has 0 aliphatic carbocycles. The maximum absolute atomic E-state index is 13.6. The lowest BCUT2D eigenvalue weighted by molar-refractivity contribution is -0.134. The summed E-state index contributed by atoms with van der Waals surface area (Å²) < 4.78 is 17.7. The monoisotopic (exact) mass is 588 g/mol. The molecule has 2 aromatic rings. The molecule has 2 aliphatic rings. The fourth-order valence-corrected chi connectivity index (χ4v) is 6.10. The van der Waals surface area contributed by atoms with E-state index in [1.54, 1.807) is 13.0 Å². The van der Waals surface area contributed by atoms with E-state index >= 15 is 0 Å². The SMILES string of the molecule is CCOP(=O)(O)CC(NC(=O)c1cc(N2CCN(C)CC2)cc(-c2ccccc2)n1)C(=O)N1CCN(C(=O)O)CC1. The normalized spacial score (nSPS) is 18.5. The van der Waals surface area contributed by atoms with E-state index in [0.29, 0.717) is 5.69 Å². The van der Waals surface area contributed by atoms with E-state index in [1.165, 1.54) is 9.80 Å². The Morgan fingerprint density at radius 3 is 2.24 bits per heavy atom. The van der Waals surface area contributed by atoms with Crippen LogP contribution in [0.3, 0.4) is 0 Å². The zero-order valence-electron chi connectivity index (χ0n) is 23.3. The highest BCUT2D eigenvalue weighted by Gasteiger charge is 2.36. The van der Waals surface area contributed by atoms with Crippen molar-refractivity contribution < 1.29 is 33.5 Å². The molecule has 41 heavy (non-hydrogen) atoms. The third-order valence-corrected chi connectivity index (χ3v) is 8.68. The van der Waals surface area contributed by atoms with Crippen molar-refractivity contribution in [2.24, 2.45) is 0 Å². The molecule has 3 heterocycles. The number of carboxylic acid groups (broad SMARTS) is 1. The van der Waals surface area contributed by atoms with E-state index in [0.717, 1.165) is 37.4 Å². The van der Waals surface area contributed by atoms with Crippen LogP contribution in [0.5, 0.6) is 0 Å². The van der Waals surface area contributed by atoms with Gasteiger partial charge >= 0.3 is 13.7 Å². The molecule has 3 N–H and O–H groups in total. The van der Waals surface area contributed by atoms with Crippen LogP contribution in [0.25, 0.3) is 11.3 Å². The van der Waals surface area contributed by atoms with Gasteiger partial charge < -0.3 is 39.4 Å². The number of hydrogen-bond donors (Lipinski definition) is 3. The number of aromatic nitrogens is 1. The lowest BCUT2D eigenvalue weighted by atomic mass is 10.1. The molecule has 222 valence electrons. The van der Waals surface area contributed by atoms with Gasteiger partial charge in [-0.3, -0.25) is 14.2 Å². The predicted octanol–water partition coefficient (Wildman–Crippen LogP) is 1.64. The number of anilines is 1. The summed E-state index contributed by atoms with van der Waals surface area (Å²) >= 11 is 0. The number of carbonyl (C=O) groups is 3. The highest BCUT2D eigenvalue weighted by atomic mass is 31.2. The number of benzene rings is 1. The smallest absolute Gasteiger partial charge is 0.407 e. The average molecular weight is 589 g/mol. The fraction of sp³-hybridized carbons (Fsp3) is 0.481. The van der Waals surface area contributed by atoms with Gasteiger partial charge in [-0.05, 0) is 26.1 Å². The maximum Gasteiger partial charge on any atom is 0.407 e. The minimum atomic E-state index is -4.22. The molecule has 0 saturated carbocycles. The van der Waals surface area contributed by atoms with E-state index in [1.807, 2.05) is 36.4 Å². The molecular weight excluding hydrogens is 551 g/mol. The van der Waals surface area contributed by atoms with E-state index in [2.05, 4.69) is 27.1 Å². The average Bonchev–Trinajstić information content (AvgIpc) is 2.97. The first kappa shape index (κ1) is 30.4. The Morgan fingerprint density at radius 1 is 1.00 bits per heavy atom. The Balaban J connectivity index is 1.61. The summed E-state index contributed by atoms with van der Waals surface area (Å²) in [6, 6.07) is 11.7. The second-order valence-electron chi connectivity index (χ2n) is 10.1. The number of likely N-dealkylation sites (N-methyl/N-ethyl adjacent to an activating group) is 1. The van der Waals surface area contributed by atoms with Crippen molar-refractivity contribution >= 4 is 31.2 Å². The summed E-state index contributed by atoms with van der Waals surface area (Å²) in [5, 5.41) is 11.9. The molecule has 4 rings (SSSR count). The molecule has 13 nitrogen and oxygen atoms in total. The number of piperazine rings is 2. The Hall–Kier alpha value is -3.51. The molecule has 2 atom stereocenters. The van der Waals surface area contributed by atoms with Gasteiger partial charge in [0, 0.05) is 63.6 Å². The van der Waals surface area contributed by atoms with Gasteiger partial charge in [0.15, 0.2) is 0 Å². The number of carbonyl (C=O) groups excluding carboxylic acids is 2.